The fourth-order valence-electron chi connectivity index (χ4n) is 2.01. The van der Waals surface area contributed by atoms with Crippen LogP contribution in [-0.4, -0.2) is 36.9 Å². The van der Waals surface area contributed by atoms with Crippen LogP contribution in [0.3, 0.4) is 0 Å². The van der Waals surface area contributed by atoms with Crippen molar-refractivity contribution >= 4 is 11.8 Å². The molecule has 4 nitrogen and oxygen atoms in total. The Morgan fingerprint density at radius 1 is 1.18 bits per heavy atom. The van der Waals surface area contributed by atoms with Crippen molar-refractivity contribution in [3.8, 4) is 0 Å². The van der Waals surface area contributed by atoms with E-state index in [0.717, 1.165) is 31.5 Å². The maximum Gasteiger partial charge on any atom is 0.337 e. The van der Waals surface area contributed by atoms with Gasteiger partial charge in [-0.05, 0) is 25.0 Å². The molecule has 0 bridgehead atoms. The summed E-state index contributed by atoms with van der Waals surface area (Å²) >= 11 is 0. The van der Waals surface area contributed by atoms with Gasteiger partial charge in [0.15, 0.2) is 0 Å². The molecule has 1 aliphatic heterocycles. The minimum absolute atomic E-state index is 0.343. The second kappa shape index (κ2) is 4.99. The number of carbonyl (C=O) groups is 1. The first-order valence-electron chi connectivity index (χ1n) is 5.74. The van der Waals surface area contributed by atoms with Gasteiger partial charge in [-0.25, -0.2) is 4.79 Å². The number of methoxy groups -OCH3 is 1. The molecule has 1 aromatic rings. The molecule has 0 radical (unpaired) electrons. The van der Waals surface area contributed by atoms with E-state index in [4.69, 9.17) is 5.41 Å². The van der Waals surface area contributed by atoms with Crippen LogP contribution in [0.1, 0.15) is 28.8 Å². The number of nitrogens with one attached hydrogen (secondary N) is 1. The van der Waals surface area contributed by atoms with Crippen molar-refractivity contribution in [3.05, 3.63) is 35.4 Å². The number of hydrogen-bond donors (Lipinski definition) is 1. The Balaban J connectivity index is 2.11. The third-order valence-corrected chi connectivity index (χ3v) is 3.00. The molecule has 0 atom stereocenters. The van der Waals surface area contributed by atoms with E-state index < -0.39 is 0 Å². The van der Waals surface area contributed by atoms with Crippen LogP contribution >= 0.6 is 0 Å². The van der Waals surface area contributed by atoms with Gasteiger partial charge in [0.05, 0.1) is 12.7 Å². The Labute approximate surface area is 101 Å². The van der Waals surface area contributed by atoms with Crippen LogP contribution in [0.2, 0.25) is 0 Å². The lowest BCUT2D eigenvalue weighted by atomic mass is 10.1. The smallest absolute Gasteiger partial charge is 0.337 e. The Morgan fingerprint density at radius 3 is 2.24 bits per heavy atom. The monoisotopic (exact) mass is 232 g/mol. The lowest BCUT2D eigenvalue weighted by molar-refractivity contribution is 0.0600. The molecule has 0 aliphatic carbocycles. The van der Waals surface area contributed by atoms with Gasteiger partial charge in [-0.15, -0.1) is 0 Å². The summed E-state index contributed by atoms with van der Waals surface area (Å²) in [5.41, 5.74) is 1.37. The second-order valence-corrected chi connectivity index (χ2v) is 4.11. The highest BCUT2D eigenvalue weighted by atomic mass is 16.5. The lowest BCUT2D eigenvalue weighted by Gasteiger charge is -2.18. The van der Waals surface area contributed by atoms with Crippen LogP contribution in [0.4, 0.5) is 0 Å². The molecule has 1 aliphatic rings. The largest absolute Gasteiger partial charge is 0.465 e. The third kappa shape index (κ3) is 2.46. The van der Waals surface area contributed by atoms with E-state index in [-0.39, 0.29) is 5.97 Å². The predicted molar refractivity (Wildman–Crippen MR) is 65.4 cm³/mol. The number of carbonyl (C=O) groups excluding carboxylic acids is 1. The van der Waals surface area contributed by atoms with E-state index in [2.05, 4.69) is 9.64 Å². The molecular formula is C13H16N2O2. The molecule has 1 fully saturated rings. The molecular weight excluding hydrogens is 216 g/mol. The Kier molecular flexibility index (Phi) is 3.42. The minimum atomic E-state index is -0.343. The number of likely N-dealkylation sites (tertiary alicyclic amines) is 1. The van der Waals surface area contributed by atoms with Crippen LogP contribution in [-0.2, 0) is 4.74 Å². The van der Waals surface area contributed by atoms with Gasteiger partial charge in [0.2, 0.25) is 0 Å². The molecule has 1 heterocycles. The summed E-state index contributed by atoms with van der Waals surface area (Å²) < 4.78 is 4.63. The molecule has 1 aromatic carbocycles. The maximum atomic E-state index is 11.3. The number of hydrogen-bond acceptors (Lipinski definition) is 3. The molecule has 4 heteroatoms. The summed E-state index contributed by atoms with van der Waals surface area (Å²) in [6, 6.07) is 7.00. The normalized spacial score (nSPS) is 14.8. The first-order chi connectivity index (χ1) is 8.22. The van der Waals surface area contributed by atoms with E-state index in [1.807, 2.05) is 0 Å². The highest BCUT2D eigenvalue weighted by Crippen LogP contribution is 2.13. The maximum absolute atomic E-state index is 11.3. The van der Waals surface area contributed by atoms with Gasteiger partial charge < -0.3 is 9.64 Å². The van der Waals surface area contributed by atoms with Gasteiger partial charge in [0.25, 0.3) is 0 Å². The summed E-state index contributed by atoms with van der Waals surface area (Å²) in [6.45, 7) is 1.91. The highest BCUT2D eigenvalue weighted by molar-refractivity contribution is 5.97. The van der Waals surface area contributed by atoms with E-state index >= 15 is 0 Å². The number of nitrogens with zero attached hydrogens (tertiary/aromatic N) is 1. The van der Waals surface area contributed by atoms with Crippen molar-refractivity contribution in [2.24, 2.45) is 0 Å². The Morgan fingerprint density at radius 2 is 1.71 bits per heavy atom. The molecule has 0 saturated carbocycles. The molecule has 0 spiro atoms. The molecule has 1 N–H and O–H groups in total. The standard InChI is InChI=1S/C13H16N2O2/c1-17-13(16)11-6-4-10(5-7-11)12(14)15-8-2-3-9-15/h4-7,14H,2-3,8-9H2,1H3. The molecule has 90 valence electrons. The van der Waals surface area contributed by atoms with Gasteiger partial charge in [-0.1, -0.05) is 12.1 Å². The van der Waals surface area contributed by atoms with Crippen molar-refractivity contribution in [1.29, 1.82) is 5.41 Å². The van der Waals surface area contributed by atoms with Gasteiger partial charge in [-0.2, -0.15) is 0 Å². The van der Waals surface area contributed by atoms with E-state index in [0.29, 0.717) is 11.4 Å². The van der Waals surface area contributed by atoms with Crippen molar-refractivity contribution in [3.63, 3.8) is 0 Å². The summed E-state index contributed by atoms with van der Waals surface area (Å²) in [6.07, 6.45) is 2.31. The quantitative estimate of drug-likeness (QED) is 0.481. The number of benzene rings is 1. The van der Waals surface area contributed by atoms with Crippen molar-refractivity contribution in [2.45, 2.75) is 12.8 Å². The third-order valence-electron chi connectivity index (χ3n) is 3.00. The molecule has 0 aromatic heterocycles. The average molecular weight is 232 g/mol. The predicted octanol–water partition coefficient (Wildman–Crippen LogP) is 1.89. The molecule has 0 amide bonds. The number of ether oxygens (including phenoxy) is 1. The van der Waals surface area contributed by atoms with Crippen LogP contribution < -0.4 is 0 Å². The van der Waals surface area contributed by atoms with Crippen LogP contribution in [0.25, 0.3) is 0 Å². The molecule has 0 unspecified atom stereocenters. The fourth-order valence-corrected chi connectivity index (χ4v) is 2.01. The van der Waals surface area contributed by atoms with Gasteiger partial charge in [0, 0.05) is 18.7 Å². The lowest BCUT2D eigenvalue weighted by Crippen LogP contribution is -2.27. The topological polar surface area (TPSA) is 53.4 Å². The van der Waals surface area contributed by atoms with Crippen molar-refractivity contribution in [1.82, 2.24) is 4.90 Å². The highest BCUT2D eigenvalue weighted by Gasteiger charge is 2.16. The first-order valence-corrected chi connectivity index (χ1v) is 5.74. The summed E-state index contributed by atoms with van der Waals surface area (Å²) in [5, 5.41) is 8.06. The summed E-state index contributed by atoms with van der Waals surface area (Å²) in [5.74, 6) is 0.197. The zero-order valence-corrected chi connectivity index (χ0v) is 9.90. The van der Waals surface area contributed by atoms with Crippen molar-refractivity contribution in [2.75, 3.05) is 20.2 Å². The minimum Gasteiger partial charge on any atom is -0.465 e. The van der Waals surface area contributed by atoms with E-state index in [1.165, 1.54) is 7.11 Å². The second-order valence-electron chi connectivity index (χ2n) is 4.11. The Hall–Kier alpha value is -1.84. The Bertz CT molecular complexity index is 420. The average Bonchev–Trinajstić information content (AvgIpc) is 2.91. The van der Waals surface area contributed by atoms with E-state index in [9.17, 15) is 4.79 Å². The fraction of sp³-hybridized carbons (Fsp3) is 0.385. The van der Waals surface area contributed by atoms with E-state index in [1.54, 1.807) is 24.3 Å². The number of rotatable bonds is 2. The number of amidine groups is 1. The van der Waals surface area contributed by atoms with Crippen LogP contribution in [0.5, 0.6) is 0 Å². The van der Waals surface area contributed by atoms with Crippen LogP contribution in [0.15, 0.2) is 24.3 Å². The van der Waals surface area contributed by atoms with Crippen LogP contribution in [0, 0.1) is 5.41 Å². The molecule has 1 saturated heterocycles. The van der Waals surface area contributed by atoms with Crippen molar-refractivity contribution < 1.29 is 9.53 Å². The zero-order chi connectivity index (χ0) is 12.3. The van der Waals surface area contributed by atoms with Gasteiger partial charge >= 0.3 is 5.97 Å². The SMILES string of the molecule is COC(=O)c1ccc(C(=N)N2CCCC2)cc1. The van der Waals surface area contributed by atoms with Gasteiger partial charge in [0.1, 0.15) is 5.84 Å². The first kappa shape index (κ1) is 11.6. The summed E-state index contributed by atoms with van der Waals surface area (Å²) in [4.78, 5) is 13.3. The zero-order valence-electron chi connectivity index (χ0n) is 9.90. The number of esters is 1. The summed E-state index contributed by atoms with van der Waals surface area (Å²) in [7, 11) is 1.36. The molecule has 2 rings (SSSR count). The van der Waals surface area contributed by atoms with Gasteiger partial charge in [-0.3, -0.25) is 5.41 Å². The molecule has 17 heavy (non-hydrogen) atoms.